The summed E-state index contributed by atoms with van der Waals surface area (Å²) in [6.45, 7) is 4.09. The predicted octanol–water partition coefficient (Wildman–Crippen LogP) is 3.25. The van der Waals surface area contributed by atoms with Gasteiger partial charge in [-0.25, -0.2) is 9.37 Å². The Balaban J connectivity index is 1.76. The van der Waals surface area contributed by atoms with Crippen molar-refractivity contribution in [3.05, 3.63) is 51.7 Å². The summed E-state index contributed by atoms with van der Waals surface area (Å²) in [6.07, 6.45) is 2.05. The van der Waals surface area contributed by atoms with Crippen LogP contribution in [-0.2, 0) is 6.42 Å². The van der Waals surface area contributed by atoms with E-state index in [1.807, 2.05) is 0 Å². The molecule has 1 aromatic heterocycles. The quantitative estimate of drug-likeness (QED) is 0.923. The van der Waals surface area contributed by atoms with E-state index < -0.39 is 5.60 Å². The van der Waals surface area contributed by atoms with Crippen molar-refractivity contribution in [2.45, 2.75) is 44.8 Å². The number of aromatic nitrogens is 1. The molecule has 1 aromatic carbocycles. The summed E-state index contributed by atoms with van der Waals surface area (Å²) in [4.78, 5) is 18.8. The number of hydrogen-bond donors (Lipinski definition) is 1. The predicted molar refractivity (Wildman–Crippen MR) is 91.7 cm³/mol. The van der Waals surface area contributed by atoms with Gasteiger partial charge in [-0.3, -0.25) is 4.79 Å². The molecule has 0 saturated carbocycles. The summed E-state index contributed by atoms with van der Waals surface area (Å²) < 4.78 is 13.7. The van der Waals surface area contributed by atoms with E-state index in [1.54, 1.807) is 42.3 Å². The molecular weight excluding hydrogens is 327 g/mol. The van der Waals surface area contributed by atoms with Crippen LogP contribution >= 0.6 is 11.3 Å². The fourth-order valence-electron chi connectivity index (χ4n) is 3.19. The summed E-state index contributed by atoms with van der Waals surface area (Å²) in [5, 5.41) is 12.7. The van der Waals surface area contributed by atoms with E-state index >= 15 is 0 Å². The van der Waals surface area contributed by atoms with E-state index in [-0.39, 0.29) is 17.8 Å². The molecule has 1 atom stereocenters. The SMILES string of the molecule is CC(C)(O)C1CCCN1C(=O)c1csc(Cc2ccccc2F)n1. The number of nitrogens with zero attached hydrogens (tertiary/aromatic N) is 2. The molecule has 2 aromatic rings. The van der Waals surface area contributed by atoms with E-state index in [2.05, 4.69) is 4.98 Å². The zero-order valence-corrected chi connectivity index (χ0v) is 14.6. The molecule has 1 aliphatic rings. The number of carbonyl (C=O) groups excluding carboxylic acids is 1. The van der Waals surface area contributed by atoms with Gasteiger partial charge in [0.2, 0.25) is 0 Å². The van der Waals surface area contributed by atoms with Gasteiger partial charge in [0, 0.05) is 18.3 Å². The van der Waals surface area contributed by atoms with E-state index in [9.17, 15) is 14.3 Å². The van der Waals surface area contributed by atoms with E-state index in [4.69, 9.17) is 0 Å². The van der Waals surface area contributed by atoms with Crippen molar-refractivity contribution >= 4 is 17.2 Å². The summed E-state index contributed by atoms with van der Waals surface area (Å²) in [5.74, 6) is -0.419. The van der Waals surface area contributed by atoms with Crippen molar-refractivity contribution in [1.29, 1.82) is 0 Å². The van der Waals surface area contributed by atoms with Crippen molar-refractivity contribution in [2.75, 3.05) is 6.54 Å². The van der Waals surface area contributed by atoms with Gasteiger partial charge < -0.3 is 10.0 Å². The lowest BCUT2D eigenvalue weighted by atomic mass is 9.96. The molecule has 128 valence electrons. The number of rotatable bonds is 4. The lowest BCUT2D eigenvalue weighted by molar-refractivity contribution is 0.000145. The number of likely N-dealkylation sites (tertiary alicyclic amines) is 1. The first-order chi connectivity index (χ1) is 11.4. The van der Waals surface area contributed by atoms with E-state index in [0.29, 0.717) is 29.2 Å². The lowest BCUT2D eigenvalue weighted by Gasteiger charge is -2.33. The van der Waals surface area contributed by atoms with Gasteiger partial charge in [0.1, 0.15) is 11.5 Å². The topological polar surface area (TPSA) is 53.4 Å². The summed E-state index contributed by atoms with van der Waals surface area (Å²) in [6, 6.07) is 6.40. The Labute approximate surface area is 145 Å². The molecule has 0 spiro atoms. The van der Waals surface area contributed by atoms with Crippen LogP contribution in [0, 0.1) is 5.82 Å². The minimum absolute atomic E-state index is 0.157. The van der Waals surface area contributed by atoms with Crippen molar-refractivity contribution < 1.29 is 14.3 Å². The summed E-state index contributed by atoms with van der Waals surface area (Å²) >= 11 is 1.36. The van der Waals surface area contributed by atoms with Gasteiger partial charge in [-0.05, 0) is 38.3 Å². The number of hydrogen-bond acceptors (Lipinski definition) is 4. The third-order valence-corrected chi connectivity index (χ3v) is 5.25. The van der Waals surface area contributed by atoms with Crippen LogP contribution in [0.25, 0.3) is 0 Å². The van der Waals surface area contributed by atoms with Crippen LogP contribution in [0.1, 0.15) is 47.7 Å². The first-order valence-corrected chi connectivity index (χ1v) is 8.95. The van der Waals surface area contributed by atoms with Crippen LogP contribution < -0.4 is 0 Å². The maximum Gasteiger partial charge on any atom is 0.273 e. The molecule has 1 amide bonds. The molecule has 1 fully saturated rings. The zero-order chi connectivity index (χ0) is 17.3. The first-order valence-electron chi connectivity index (χ1n) is 8.07. The second-order valence-corrected chi connectivity index (χ2v) is 7.65. The van der Waals surface area contributed by atoms with Crippen LogP contribution in [-0.4, -0.2) is 39.1 Å². The number of thiazole rings is 1. The van der Waals surface area contributed by atoms with Gasteiger partial charge in [0.15, 0.2) is 0 Å². The van der Waals surface area contributed by atoms with E-state index in [0.717, 1.165) is 12.8 Å². The number of halogens is 1. The standard InChI is InChI=1S/C18H21FN2O2S/c1-18(2,23)15-8-5-9-21(15)17(22)14-11-24-16(20-14)10-12-6-3-4-7-13(12)19/h3-4,6-7,11,15,23H,5,8-10H2,1-2H3. The van der Waals surface area contributed by atoms with Gasteiger partial charge in [-0.1, -0.05) is 18.2 Å². The molecule has 24 heavy (non-hydrogen) atoms. The maximum absolute atomic E-state index is 13.7. The minimum atomic E-state index is -0.932. The van der Waals surface area contributed by atoms with Crippen LogP contribution in [0.3, 0.4) is 0 Å². The van der Waals surface area contributed by atoms with Crippen LogP contribution in [0.5, 0.6) is 0 Å². The highest BCUT2D eigenvalue weighted by Gasteiger charge is 2.39. The van der Waals surface area contributed by atoms with E-state index in [1.165, 1.54) is 17.4 Å². The Bertz CT molecular complexity index is 739. The third-order valence-electron chi connectivity index (χ3n) is 4.40. The first kappa shape index (κ1) is 17.0. The Morgan fingerprint density at radius 1 is 1.46 bits per heavy atom. The van der Waals surface area contributed by atoms with Crippen molar-refractivity contribution in [2.24, 2.45) is 0 Å². The molecule has 3 rings (SSSR count). The highest BCUT2D eigenvalue weighted by Crippen LogP contribution is 2.28. The van der Waals surface area contributed by atoms with Gasteiger partial charge in [0.05, 0.1) is 16.7 Å². The van der Waals surface area contributed by atoms with Crippen molar-refractivity contribution in [1.82, 2.24) is 9.88 Å². The smallest absolute Gasteiger partial charge is 0.273 e. The summed E-state index contributed by atoms with van der Waals surface area (Å²) in [7, 11) is 0. The van der Waals surface area contributed by atoms with Gasteiger partial charge in [-0.15, -0.1) is 11.3 Å². The number of amides is 1. The van der Waals surface area contributed by atoms with Gasteiger partial charge in [0.25, 0.3) is 5.91 Å². The molecule has 0 aliphatic carbocycles. The molecule has 1 N–H and O–H groups in total. The molecular formula is C18H21FN2O2S. The molecule has 1 saturated heterocycles. The van der Waals surface area contributed by atoms with Crippen molar-refractivity contribution in [3.8, 4) is 0 Å². The fraction of sp³-hybridized carbons (Fsp3) is 0.444. The van der Waals surface area contributed by atoms with Gasteiger partial charge in [-0.2, -0.15) is 0 Å². The summed E-state index contributed by atoms with van der Waals surface area (Å²) in [5.41, 5.74) is 0.0157. The number of carbonyl (C=O) groups is 1. The maximum atomic E-state index is 13.7. The fourth-order valence-corrected chi connectivity index (χ4v) is 3.98. The second kappa shape index (κ2) is 6.61. The highest BCUT2D eigenvalue weighted by atomic mass is 32.1. The van der Waals surface area contributed by atoms with Crippen LogP contribution in [0.15, 0.2) is 29.6 Å². The van der Waals surface area contributed by atoms with Gasteiger partial charge >= 0.3 is 0 Å². The van der Waals surface area contributed by atoms with Crippen molar-refractivity contribution in [3.63, 3.8) is 0 Å². The minimum Gasteiger partial charge on any atom is -0.388 e. The molecule has 6 heteroatoms. The average Bonchev–Trinajstić information content (AvgIpc) is 3.17. The number of aliphatic hydroxyl groups is 1. The monoisotopic (exact) mass is 348 g/mol. The largest absolute Gasteiger partial charge is 0.388 e. The Morgan fingerprint density at radius 2 is 2.21 bits per heavy atom. The number of benzene rings is 1. The Kier molecular flexibility index (Phi) is 4.69. The average molecular weight is 348 g/mol. The Hall–Kier alpha value is -1.79. The molecule has 1 unspecified atom stereocenters. The van der Waals surface area contributed by atoms with Crippen LogP contribution in [0.2, 0.25) is 0 Å². The normalized spacial score (nSPS) is 18.2. The zero-order valence-electron chi connectivity index (χ0n) is 13.8. The molecule has 4 nitrogen and oxygen atoms in total. The lowest BCUT2D eigenvalue weighted by Crippen LogP contribution is -2.48. The van der Waals surface area contributed by atoms with Crippen LogP contribution in [0.4, 0.5) is 4.39 Å². The molecule has 2 heterocycles. The Morgan fingerprint density at radius 3 is 2.92 bits per heavy atom. The third kappa shape index (κ3) is 3.49. The molecule has 1 aliphatic heterocycles. The molecule has 0 radical (unpaired) electrons. The second-order valence-electron chi connectivity index (χ2n) is 6.70. The highest BCUT2D eigenvalue weighted by molar-refractivity contribution is 7.09. The molecule has 0 bridgehead atoms.